The van der Waals surface area contributed by atoms with Crippen molar-refractivity contribution in [3.8, 4) is 0 Å². The number of hydrogen-bond acceptors (Lipinski definition) is 2. The molecule has 1 unspecified atom stereocenters. The monoisotopic (exact) mass is 326 g/mol. The van der Waals surface area contributed by atoms with Crippen LogP contribution in [0.25, 0.3) is 0 Å². The van der Waals surface area contributed by atoms with Crippen molar-refractivity contribution in [2.75, 3.05) is 18.0 Å². The van der Waals surface area contributed by atoms with Crippen molar-refractivity contribution in [2.45, 2.75) is 44.7 Å². The van der Waals surface area contributed by atoms with Crippen LogP contribution in [0.1, 0.15) is 31.2 Å². The summed E-state index contributed by atoms with van der Waals surface area (Å²) in [7, 11) is 0. The van der Waals surface area contributed by atoms with Gasteiger partial charge in [-0.1, -0.05) is 0 Å². The van der Waals surface area contributed by atoms with Crippen molar-refractivity contribution < 1.29 is 4.39 Å². The molecular formula is C15H20BrFN2. The van der Waals surface area contributed by atoms with Crippen molar-refractivity contribution in [3.05, 3.63) is 28.0 Å². The van der Waals surface area contributed by atoms with E-state index in [0.29, 0.717) is 10.5 Å². The Balaban J connectivity index is 1.75. The highest BCUT2D eigenvalue weighted by molar-refractivity contribution is 9.10. The first-order valence-corrected chi connectivity index (χ1v) is 7.89. The van der Waals surface area contributed by atoms with Crippen LogP contribution in [0.2, 0.25) is 0 Å². The second kappa shape index (κ2) is 5.41. The summed E-state index contributed by atoms with van der Waals surface area (Å²) in [5.41, 5.74) is 2.18. The summed E-state index contributed by atoms with van der Waals surface area (Å²) >= 11 is 3.25. The van der Waals surface area contributed by atoms with E-state index in [1.807, 2.05) is 6.07 Å². The van der Waals surface area contributed by atoms with Crippen LogP contribution in [-0.2, 0) is 0 Å². The molecule has 0 bridgehead atoms. The molecule has 3 rings (SSSR count). The first-order valence-electron chi connectivity index (χ1n) is 7.10. The van der Waals surface area contributed by atoms with Crippen LogP contribution in [0.5, 0.6) is 0 Å². The molecule has 1 aromatic carbocycles. The van der Waals surface area contributed by atoms with E-state index < -0.39 is 0 Å². The molecule has 1 aliphatic heterocycles. The predicted molar refractivity (Wildman–Crippen MR) is 80.2 cm³/mol. The number of rotatable bonds is 3. The van der Waals surface area contributed by atoms with Crippen molar-refractivity contribution in [1.29, 1.82) is 0 Å². The third-order valence-corrected chi connectivity index (χ3v) is 4.66. The first kappa shape index (κ1) is 13.4. The normalized spacial score (nSPS) is 23.7. The summed E-state index contributed by atoms with van der Waals surface area (Å²) in [6, 6.07) is 4.85. The molecule has 4 heteroatoms. The van der Waals surface area contributed by atoms with Gasteiger partial charge >= 0.3 is 0 Å². The van der Waals surface area contributed by atoms with Gasteiger partial charge < -0.3 is 10.2 Å². The lowest BCUT2D eigenvalue weighted by Crippen LogP contribution is -2.46. The summed E-state index contributed by atoms with van der Waals surface area (Å²) in [4.78, 5) is 2.33. The Bertz CT molecular complexity index is 473. The number of piperidine rings is 1. The van der Waals surface area contributed by atoms with Crippen LogP contribution in [0.15, 0.2) is 16.6 Å². The fourth-order valence-corrected chi connectivity index (χ4v) is 3.35. The lowest BCUT2D eigenvalue weighted by molar-refractivity contribution is 0.420. The SMILES string of the molecule is Cc1cc(Br)c(F)cc1N1CCCC(NC2CC2)C1. The number of nitrogens with one attached hydrogen (secondary N) is 1. The lowest BCUT2D eigenvalue weighted by Gasteiger charge is -2.36. The third-order valence-electron chi connectivity index (χ3n) is 4.05. The predicted octanol–water partition coefficient (Wildman–Crippen LogP) is 3.62. The van der Waals surface area contributed by atoms with Gasteiger partial charge in [0.25, 0.3) is 0 Å². The van der Waals surface area contributed by atoms with Crippen molar-refractivity contribution in [3.63, 3.8) is 0 Å². The Morgan fingerprint density at radius 2 is 2.05 bits per heavy atom. The number of benzene rings is 1. The number of nitrogens with zero attached hydrogens (tertiary/aromatic N) is 1. The second-order valence-electron chi connectivity index (χ2n) is 5.78. The molecule has 1 saturated heterocycles. The highest BCUT2D eigenvalue weighted by atomic mass is 79.9. The molecule has 1 atom stereocenters. The van der Waals surface area contributed by atoms with E-state index in [2.05, 4.69) is 33.1 Å². The van der Waals surface area contributed by atoms with Gasteiger partial charge in [0.2, 0.25) is 0 Å². The van der Waals surface area contributed by atoms with Gasteiger partial charge in [0.1, 0.15) is 5.82 Å². The minimum Gasteiger partial charge on any atom is -0.370 e. The number of hydrogen-bond donors (Lipinski definition) is 1. The molecule has 0 aromatic heterocycles. The van der Waals surface area contributed by atoms with Crippen LogP contribution in [0.4, 0.5) is 10.1 Å². The average Bonchev–Trinajstić information content (AvgIpc) is 3.18. The van der Waals surface area contributed by atoms with E-state index in [-0.39, 0.29) is 5.82 Å². The van der Waals surface area contributed by atoms with Crippen LogP contribution in [-0.4, -0.2) is 25.2 Å². The zero-order valence-corrected chi connectivity index (χ0v) is 12.8. The summed E-state index contributed by atoms with van der Waals surface area (Å²) in [6.45, 7) is 4.08. The molecule has 19 heavy (non-hydrogen) atoms. The highest BCUT2D eigenvalue weighted by Crippen LogP contribution is 2.29. The summed E-state index contributed by atoms with van der Waals surface area (Å²) in [5, 5.41) is 3.69. The maximum atomic E-state index is 13.7. The molecule has 2 aliphatic rings. The minimum atomic E-state index is -0.169. The van der Waals surface area contributed by atoms with Crippen LogP contribution in [0.3, 0.4) is 0 Å². The summed E-state index contributed by atoms with van der Waals surface area (Å²) in [5.74, 6) is -0.169. The topological polar surface area (TPSA) is 15.3 Å². The van der Waals surface area contributed by atoms with Crippen LogP contribution in [0, 0.1) is 12.7 Å². The molecule has 2 nitrogen and oxygen atoms in total. The molecule has 1 aromatic rings. The van der Waals surface area contributed by atoms with E-state index in [0.717, 1.165) is 30.4 Å². The maximum absolute atomic E-state index is 13.7. The average molecular weight is 327 g/mol. The number of anilines is 1. The van der Waals surface area contributed by atoms with E-state index in [4.69, 9.17) is 0 Å². The molecule has 1 heterocycles. The van der Waals surface area contributed by atoms with E-state index in [1.54, 1.807) is 6.07 Å². The second-order valence-corrected chi connectivity index (χ2v) is 6.63. The van der Waals surface area contributed by atoms with Gasteiger partial charge in [0.15, 0.2) is 0 Å². The first-order chi connectivity index (χ1) is 9.13. The molecule has 2 fully saturated rings. The fraction of sp³-hybridized carbons (Fsp3) is 0.600. The van der Waals surface area contributed by atoms with E-state index >= 15 is 0 Å². The van der Waals surface area contributed by atoms with Crippen molar-refractivity contribution in [2.24, 2.45) is 0 Å². The Labute approximate surface area is 122 Å². The van der Waals surface area contributed by atoms with E-state index in [1.165, 1.54) is 25.7 Å². The third kappa shape index (κ3) is 3.11. The highest BCUT2D eigenvalue weighted by Gasteiger charge is 2.28. The van der Waals surface area contributed by atoms with Crippen LogP contribution >= 0.6 is 15.9 Å². The minimum absolute atomic E-state index is 0.169. The largest absolute Gasteiger partial charge is 0.370 e. The summed E-state index contributed by atoms with van der Waals surface area (Å²) < 4.78 is 14.3. The Morgan fingerprint density at radius 3 is 2.79 bits per heavy atom. The molecule has 0 radical (unpaired) electrons. The molecule has 104 valence electrons. The molecule has 1 aliphatic carbocycles. The summed E-state index contributed by atoms with van der Waals surface area (Å²) in [6.07, 6.45) is 5.07. The zero-order chi connectivity index (χ0) is 13.4. The van der Waals surface area contributed by atoms with Gasteiger partial charge in [-0.05, 0) is 66.2 Å². The maximum Gasteiger partial charge on any atom is 0.139 e. The van der Waals surface area contributed by atoms with Gasteiger partial charge in [-0.3, -0.25) is 0 Å². The van der Waals surface area contributed by atoms with Crippen LogP contribution < -0.4 is 10.2 Å². The van der Waals surface area contributed by atoms with Gasteiger partial charge in [-0.25, -0.2) is 4.39 Å². The molecule has 1 N–H and O–H groups in total. The number of halogens is 2. The smallest absolute Gasteiger partial charge is 0.139 e. The Hall–Kier alpha value is -0.610. The van der Waals surface area contributed by atoms with Gasteiger partial charge in [0, 0.05) is 30.9 Å². The molecule has 0 amide bonds. The van der Waals surface area contributed by atoms with E-state index in [9.17, 15) is 4.39 Å². The molecule has 1 saturated carbocycles. The lowest BCUT2D eigenvalue weighted by atomic mass is 10.0. The quantitative estimate of drug-likeness (QED) is 0.912. The standard InChI is InChI=1S/C15H20BrFN2/c1-10-7-13(16)14(17)8-15(10)19-6-2-3-12(9-19)18-11-4-5-11/h7-8,11-12,18H,2-6,9H2,1H3. The Kier molecular flexibility index (Phi) is 3.81. The van der Waals surface area contributed by atoms with Gasteiger partial charge in [0.05, 0.1) is 4.47 Å². The van der Waals surface area contributed by atoms with Gasteiger partial charge in [-0.2, -0.15) is 0 Å². The number of aryl methyl sites for hydroxylation is 1. The molecular weight excluding hydrogens is 307 g/mol. The van der Waals surface area contributed by atoms with Crippen molar-refractivity contribution >= 4 is 21.6 Å². The van der Waals surface area contributed by atoms with Gasteiger partial charge in [-0.15, -0.1) is 0 Å². The van der Waals surface area contributed by atoms with Crippen molar-refractivity contribution in [1.82, 2.24) is 5.32 Å². The Morgan fingerprint density at radius 1 is 1.26 bits per heavy atom. The zero-order valence-electron chi connectivity index (χ0n) is 11.3. The molecule has 0 spiro atoms. The fourth-order valence-electron chi connectivity index (χ4n) is 2.89.